The second-order valence-electron chi connectivity index (χ2n) is 3.54. The molecule has 0 amide bonds. The molecule has 0 aliphatic rings. The summed E-state index contributed by atoms with van der Waals surface area (Å²) in [7, 11) is 0. The summed E-state index contributed by atoms with van der Waals surface area (Å²) in [6.45, 7) is 8.64. The van der Waals surface area contributed by atoms with E-state index >= 15 is 0 Å². The van der Waals surface area contributed by atoms with E-state index in [4.69, 9.17) is 0 Å². The van der Waals surface area contributed by atoms with Crippen molar-refractivity contribution in [3.05, 3.63) is 29.1 Å². The molecule has 1 heterocycles. The highest BCUT2D eigenvalue weighted by molar-refractivity contribution is 5.23. The number of hydrogen-bond donors (Lipinski definition) is 0. The third kappa shape index (κ3) is 2.07. The maximum Gasteiger partial charge on any atom is 0.0406 e. The molecule has 0 fully saturated rings. The van der Waals surface area contributed by atoms with Crippen LogP contribution in [0.3, 0.4) is 0 Å². The number of rotatable bonds is 2. The molecular formula is C11H17N. The summed E-state index contributed by atoms with van der Waals surface area (Å²) in [5.41, 5.74) is 3.75. The number of aromatic nitrogens is 1. The average molecular weight is 163 g/mol. The highest BCUT2D eigenvalue weighted by Crippen LogP contribution is 2.16. The first-order valence-electron chi connectivity index (χ1n) is 4.61. The van der Waals surface area contributed by atoms with Gasteiger partial charge in [0.2, 0.25) is 0 Å². The molecule has 0 aliphatic heterocycles. The molecular weight excluding hydrogens is 146 g/mol. The van der Waals surface area contributed by atoms with Crippen LogP contribution in [-0.2, 0) is 6.42 Å². The van der Waals surface area contributed by atoms with Crippen molar-refractivity contribution >= 4 is 0 Å². The van der Waals surface area contributed by atoms with Gasteiger partial charge in [0.15, 0.2) is 0 Å². The Labute approximate surface area is 74.8 Å². The van der Waals surface area contributed by atoms with Gasteiger partial charge < -0.3 is 0 Å². The third-order valence-electron chi connectivity index (χ3n) is 2.06. The molecule has 1 rings (SSSR count). The van der Waals surface area contributed by atoms with Gasteiger partial charge in [-0.2, -0.15) is 0 Å². The van der Waals surface area contributed by atoms with E-state index < -0.39 is 0 Å². The van der Waals surface area contributed by atoms with Gasteiger partial charge in [-0.3, -0.25) is 4.98 Å². The Bertz CT molecular complexity index is 264. The zero-order chi connectivity index (χ0) is 9.14. The molecule has 0 spiro atoms. The van der Waals surface area contributed by atoms with E-state index in [-0.39, 0.29) is 0 Å². The molecule has 12 heavy (non-hydrogen) atoms. The Kier molecular flexibility index (Phi) is 2.85. The zero-order valence-corrected chi connectivity index (χ0v) is 8.39. The monoisotopic (exact) mass is 163 g/mol. The van der Waals surface area contributed by atoms with E-state index in [0.29, 0.717) is 5.92 Å². The summed E-state index contributed by atoms with van der Waals surface area (Å²) in [5, 5.41) is 0. The lowest BCUT2D eigenvalue weighted by Gasteiger charge is -2.07. The van der Waals surface area contributed by atoms with Crippen LogP contribution < -0.4 is 0 Å². The SMILES string of the molecule is CCc1cc(C(C)C)cc(C)n1. The zero-order valence-electron chi connectivity index (χ0n) is 8.39. The van der Waals surface area contributed by atoms with Crippen LogP contribution in [0.1, 0.15) is 43.6 Å². The van der Waals surface area contributed by atoms with Gasteiger partial charge in [-0.05, 0) is 37.0 Å². The van der Waals surface area contributed by atoms with Gasteiger partial charge in [0.1, 0.15) is 0 Å². The van der Waals surface area contributed by atoms with Crippen LogP contribution in [0.4, 0.5) is 0 Å². The lowest BCUT2D eigenvalue weighted by Crippen LogP contribution is -1.95. The van der Waals surface area contributed by atoms with Crippen molar-refractivity contribution in [3.63, 3.8) is 0 Å². The summed E-state index contributed by atoms with van der Waals surface area (Å²) < 4.78 is 0. The Morgan fingerprint density at radius 1 is 1.33 bits per heavy atom. The predicted molar refractivity (Wildman–Crippen MR) is 52.4 cm³/mol. The molecule has 0 aromatic carbocycles. The second-order valence-corrected chi connectivity index (χ2v) is 3.54. The predicted octanol–water partition coefficient (Wildman–Crippen LogP) is 3.08. The van der Waals surface area contributed by atoms with Crippen molar-refractivity contribution in [2.75, 3.05) is 0 Å². The summed E-state index contributed by atoms with van der Waals surface area (Å²) >= 11 is 0. The molecule has 0 saturated carbocycles. The smallest absolute Gasteiger partial charge is 0.0406 e. The second kappa shape index (κ2) is 3.70. The fraction of sp³-hybridized carbons (Fsp3) is 0.545. The Morgan fingerprint density at radius 3 is 2.50 bits per heavy atom. The van der Waals surface area contributed by atoms with Gasteiger partial charge >= 0.3 is 0 Å². The molecule has 0 saturated heterocycles. The van der Waals surface area contributed by atoms with E-state index in [0.717, 1.165) is 12.1 Å². The first kappa shape index (κ1) is 9.24. The minimum Gasteiger partial charge on any atom is -0.258 e. The van der Waals surface area contributed by atoms with Crippen molar-refractivity contribution in [2.24, 2.45) is 0 Å². The maximum absolute atomic E-state index is 4.43. The van der Waals surface area contributed by atoms with Crippen LogP contribution in [0, 0.1) is 6.92 Å². The van der Waals surface area contributed by atoms with Gasteiger partial charge in [-0.15, -0.1) is 0 Å². The van der Waals surface area contributed by atoms with E-state index in [9.17, 15) is 0 Å². The van der Waals surface area contributed by atoms with Crippen LogP contribution in [0.2, 0.25) is 0 Å². The summed E-state index contributed by atoms with van der Waals surface area (Å²) in [6.07, 6.45) is 1.03. The van der Waals surface area contributed by atoms with Crippen molar-refractivity contribution < 1.29 is 0 Å². The van der Waals surface area contributed by atoms with E-state index in [1.807, 2.05) is 0 Å². The van der Waals surface area contributed by atoms with E-state index in [1.54, 1.807) is 0 Å². The summed E-state index contributed by atoms with van der Waals surface area (Å²) in [4.78, 5) is 4.43. The summed E-state index contributed by atoms with van der Waals surface area (Å²) in [5.74, 6) is 0.608. The van der Waals surface area contributed by atoms with Crippen molar-refractivity contribution in [3.8, 4) is 0 Å². The molecule has 0 atom stereocenters. The molecule has 1 heteroatoms. The highest BCUT2D eigenvalue weighted by atomic mass is 14.7. The van der Waals surface area contributed by atoms with Gasteiger partial charge in [-0.1, -0.05) is 20.8 Å². The Balaban J connectivity index is 3.06. The molecule has 0 aliphatic carbocycles. The molecule has 1 aromatic heterocycles. The largest absolute Gasteiger partial charge is 0.258 e. The van der Waals surface area contributed by atoms with Gasteiger partial charge in [0.25, 0.3) is 0 Å². The fourth-order valence-corrected chi connectivity index (χ4v) is 1.28. The molecule has 66 valence electrons. The Hall–Kier alpha value is -0.850. The first-order valence-corrected chi connectivity index (χ1v) is 4.61. The van der Waals surface area contributed by atoms with Gasteiger partial charge in [0.05, 0.1) is 0 Å². The minimum atomic E-state index is 0.608. The first-order chi connectivity index (χ1) is 5.63. The number of hydrogen-bond acceptors (Lipinski definition) is 1. The quantitative estimate of drug-likeness (QED) is 0.653. The topological polar surface area (TPSA) is 12.9 Å². The molecule has 1 nitrogen and oxygen atoms in total. The normalized spacial score (nSPS) is 10.8. The van der Waals surface area contributed by atoms with Gasteiger partial charge in [0, 0.05) is 11.4 Å². The molecule has 0 N–H and O–H groups in total. The van der Waals surface area contributed by atoms with Gasteiger partial charge in [-0.25, -0.2) is 0 Å². The average Bonchev–Trinajstić information content (AvgIpc) is 2.03. The molecule has 0 unspecified atom stereocenters. The molecule has 0 radical (unpaired) electrons. The molecule has 1 aromatic rings. The lowest BCUT2D eigenvalue weighted by molar-refractivity contribution is 0.848. The number of pyridine rings is 1. The van der Waals surface area contributed by atoms with Crippen LogP contribution in [0.15, 0.2) is 12.1 Å². The third-order valence-corrected chi connectivity index (χ3v) is 2.06. The van der Waals surface area contributed by atoms with Crippen LogP contribution in [-0.4, -0.2) is 4.98 Å². The number of nitrogens with zero attached hydrogens (tertiary/aromatic N) is 1. The van der Waals surface area contributed by atoms with E-state index in [2.05, 4.69) is 44.8 Å². The van der Waals surface area contributed by atoms with Crippen LogP contribution >= 0.6 is 0 Å². The number of aryl methyl sites for hydroxylation is 2. The lowest BCUT2D eigenvalue weighted by atomic mass is 10.0. The van der Waals surface area contributed by atoms with Crippen molar-refractivity contribution in [1.29, 1.82) is 0 Å². The highest BCUT2D eigenvalue weighted by Gasteiger charge is 2.01. The van der Waals surface area contributed by atoms with Crippen molar-refractivity contribution in [2.45, 2.75) is 40.0 Å². The van der Waals surface area contributed by atoms with Crippen LogP contribution in [0.25, 0.3) is 0 Å². The fourth-order valence-electron chi connectivity index (χ4n) is 1.28. The molecule has 0 bridgehead atoms. The minimum absolute atomic E-state index is 0.608. The maximum atomic E-state index is 4.43. The van der Waals surface area contributed by atoms with Crippen molar-refractivity contribution in [1.82, 2.24) is 4.98 Å². The van der Waals surface area contributed by atoms with Crippen LogP contribution in [0.5, 0.6) is 0 Å². The standard InChI is InChI=1S/C11H17N/c1-5-11-7-10(8(2)3)6-9(4)12-11/h6-8H,5H2,1-4H3. The van der Waals surface area contributed by atoms with E-state index in [1.165, 1.54) is 11.3 Å². The summed E-state index contributed by atoms with van der Waals surface area (Å²) in [6, 6.07) is 4.38. The Morgan fingerprint density at radius 2 is 2.00 bits per heavy atom.